The summed E-state index contributed by atoms with van der Waals surface area (Å²) in [5.41, 5.74) is 1.77. The number of rotatable bonds is 8. The highest BCUT2D eigenvalue weighted by Gasteiger charge is 2.21. The third-order valence-corrected chi connectivity index (χ3v) is 5.18. The molecule has 0 aliphatic rings. The second-order valence-electron chi connectivity index (χ2n) is 6.90. The van der Waals surface area contributed by atoms with Crippen molar-refractivity contribution in [3.05, 3.63) is 53.8 Å². The van der Waals surface area contributed by atoms with Crippen molar-refractivity contribution in [3.63, 3.8) is 0 Å². The summed E-state index contributed by atoms with van der Waals surface area (Å²) < 4.78 is 22.0. The smallest absolute Gasteiger partial charge is 0.223 e. The molecule has 3 aromatic rings. The number of ether oxygens (including phenoxy) is 3. The minimum absolute atomic E-state index is 0.0340. The van der Waals surface area contributed by atoms with Gasteiger partial charge in [0.05, 0.1) is 27.4 Å². The van der Waals surface area contributed by atoms with Gasteiger partial charge >= 0.3 is 0 Å². The van der Waals surface area contributed by atoms with Crippen LogP contribution >= 0.6 is 0 Å². The minimum atomic E-state index is -0.158. The van der Waals surface area contributed by atoms with Crippen molar-refractivity contribution in [2.45, 2.75) is 25.8 Å². The highest BCUT2D eigenvalue weighted by molar-refractivity contribution is 5.79. The molecule has 1 amide bonds. The zero-order valence-electron chi connectivity index (χ0n) is 17.5. The Hall–Kier alpha value is -3.15. The number of benzene rings is 2. The lowest BCUT2D eigenvalue weighted by atomic mass is 10.1. The summed E-state index contributed by atoms with van der Waals surface area (Å²) in [5.74, 6) is 2.51. The predicted octanol–water partition coefficient (Wildman–Crippen LogP) is 4.61. The fraction of sp³-hybridized carbons (Fsp3) is 0.348. The molecule has 29 heavy (non-hydrogen) atoms. The van der Waals surface area contributed by atoms with E-state index < -0.39 is 0 Å². The number of furan rings is 1. The van der Waals surface area contributed by atoms with Crippen molar-refractivity contribution in [2.75, 3.05) is 28.4 Å². The Morgan fingerprint density at radius 3 is 2.28 bits per heavy atom. The maximum absolute atomic E-state index is 12.8. The van der Waals surface area contributed by atoms with E-state index in [2.05, 4.69) is 0 Å². The highest BCUT2D eigenvalue weighted by atomic mass is 16.5. The van der Waals surface area contributed by atoms with Crippen LogP contribution in [0.15, 0.2) is 46.9 Å². The molecule has 0 saturated heterocycles. The maximum Gasteiger partial charge on any atom is 0.223 e. The SMILES string of the molecule is COc1cc(CCC(=O)N(C)C(C)c2cc3ccccc3o2)cc(OC)c1OC. The van der Waals surface area contributed by atoms with Gasteiger partial charge in [-0.3, -0.25) is 4.79 Å². The van der Waals surface area contributed by atoms with Crippen LogP contribution in [0.25, 0.3) is 11.0 Å². The summed E-state index contributed by atoms with van der Waals surface area (Å²) in [6.45, 7) is 1.97. The first-order valence-electron chi connectivity index (χ1n) is 9.51. The van der Waals surface area contributed by atoms with E-state index in [0.717, 1.165) is 22.3 Å². The molecular weight excluding hydrogens is 370 g/mol. The molecule has 3 rings (SSSR count). The van der Waals surface area contributed by atoms with Crippen LogP contribution in [0.5, 0.6) is 17.2 Å². The van der Waals surface area contributed by atoms with Gasteiger partial charge in [-0.05, 0) is 43.2 Å². The molecule has 0 saturated carbocycles. The molecule has 1 aromatic heterocycles. The molecule has 6 heteroatoms. The zero-order valence-corrected chi connectivity index (χ0v) is 17.5. The van der Waals surface area contributed by atoms with Gasteiger partial charge in [0.1, 0.15) is 11.3 Å². The first-order valence-corrected chi connectivity index (χ1v) is 9.51. The minimum Gasteiger partial charge on any atom is -0.493 e. The number of carbonyl (C=O) groups is 1. The zero-order chi connectivity index (χ0) is 21.0. The molecule has 0 bridgehead atoms. The maximum atomic E-state index is 12.8. The van der Waals surface area contributed by atoms with Gasteiger partial charge < -0.3 is 23.5 Å². The molecule has 6 nitrogen and oxygen atoms in total. The lowest BCUT2D eigenvalue weighted by Crippen LogP contribution is -2.29. The number of amides is 1. The van der Waals surface area contributed by atoms with E-state index in [1.165, 1.54) is 0 Å². The van der Waals surface area contributed by atoms with Crippen molar-refractivity contribution in [1.29, 1.82) is 0 Å². The first-order chi connectivity index (χ1) is 14.0. The molecule has 1 unspecified atom stereocenters. The fourth-order valence-corrected chi connectivity index (χ4v) is 3.32. The van der Waals surface area contributed by atoms with E-state index in [4.69, 9.17) is 18.6 Å². The van der Waals surface area contributed by atoms with Gasteiger partial charge in [-0.1, -0.05) is 18.2 Å². The van der Waals surface area contributed by atoms with Crippen LogP contribution in [0.1, 0.15) is 30.7 Å². The topological polar surface area (TPSA) is 61.1 Å². The molecule has 0 fully saturated rings. The number of aryl methyl sites for hydroxylation is 1. The highest BCUT2D eigenvalue weighted by Crippen LogP contribution is 2.38. The average Bonchev–Trinajstić information content (AvgIpc) is 3.19. The van der Waals surface area contributed by atoms with Gasteiger partial charge in [-0.25, -0.2) is 0 Å². The van der Waals surface area contributed by atoms with E-state index in [9.17, 15) is 4.79 Å². The van der Waals surface area contributed by atoms with Crippen LogP contribution < -0.4 is 14.2 Å². The van der Waals surface area contributed by atoms with Gasteiger partial charge in [-0.15, -0.1) is 0 Å². The molecule has 0 aliphatic carbocycles. The molecule has 1 atom stereocenters. The Balaban J connectivity index is 1.69. The van der Waals surface area contributed by atoms with E-state index in [1.807, 2.05) is 49.4 Å². The summed E-state index contributed by atoms with van der Waals surface area (Å²) in [6, 6.07) is 13.4. The summed E-state index contributed by atoms with van der Waals surface area (Å²) in [7, 11) is 6.53. The Kier molecular flexibility index (Phi) is 6.32. The third-order valence-electron chi connectivity index (χ3n) is 5.18. The number of hydrogen-bond donors (Lipinski definition) is 0. The number of para-hydroxylation sites is 1. The van der Waals surface area contributed by atoms with Crippen LogP contribution in [0.2, 0.25) is 0 Å². The molecular formula is C23H27NO5. The van der Waals surface area contributed by atoms with E-state index in [1.54, 1.807) is 33.3 Å². The Morgan fingerprint density at radius 1 is 1.03 bits per heavy atom. The van der Waals surface area contributed by atoms with E-state index in [-0.39, 0.29) is 11.9 Å². The van der Waals surface area contributed by atoms with Crippen LogP contribution in [0.3, 0.4) is 0 Å². The number of carbonyl (C=O) groups excluding carboxylic acids is 1. The van der Waals surface area contributed by atoms with Crippen LogP contribution in [0, 0.1) is 0 Å². The summed E-state index contributed by atoms with van der Waals surface area (Å²) in [4.78, 5) is 14.5. The van der Waals surface area contributed by atoms with Crippen molar-refractivity contribution in [3.8, 4) is 17.2 Å². The van der Waals surface area contributed by atoms with Gasteiger partial charge in [0.2, 0.25) is 11.7 Å². The van der Waals surface area contributed by atoms with Crippen molar-refractivity contribution < 1.29 is 23.4 Å². The molecule has 154 valence electrons. The largest absolute Gasteiger partial charge is 0.493 e. The molecule has 2 aromatic carbocycles. The van der Waals surface area contributed by atoms with Crippen LogP contribution in [0.4, 0.5) is 0 Å². The van der Waals surface area contributed by atoms with Gasteiger partial charge in [0.15, 0.2) is 11.5 Å². The van der Waals surface area contributed by atoms with Crippen molar-refractivity contribution in [1.82, 2.24) is 4.90 Å². The monoisotopic (exact) mass is 397 g/mol. The molecule has 0 aliphatic heterocycles. The van der Waals surface area contributed by atoms with Crippen molar-refractivity contribution >= 4 is 16.9 Å². The summed E-state index contributed by atoms with van der Waals surface area (Å²) in [5, 5.41) is 1.03. The van der Waals surface area contributed by atoms with Gasteiger partial charge in [0, 0.05) is 18.9 Å². The quantitative estimate of drug-likeness (QED) is 0.555. The molecule has 1 heterocycles. The first kappa shape index (κ1) is 20.6. The fourth-order valence-electron chi connectivity index (χ4n) is 3.32. The molecule has 0 radical (unpaired) electrons. The normalized spacial score (nSPS) is 11.9. The number of hydrogen-bond acceptors (Lipinski definition) is 5. The Bertz CT molecular complexity index is 936. The molecule has 0 spiro atoms. The van der Waals surface area contributed by atoms with E-state index >= 15 is 0 Å². The Labute approximate surface area is 171 Å². The van der Waals surface area contributed by atoms with Crippen molar-refractivity contribution in [2.24, 2.45) is 0 Å². The predicted molar refractivity (Wildman–Crippen MR) is 112 cm³/mol. The summed E-state index contributed by atoms with van der Waals surface area (Å²) >= 11 is 0. The van der Waals surface area contributed by atoms with E-state index in [0.29, 0.717) is 30.1 Å². The average molecular weight is 397 g/mol. The second kappa shape index (κ2) is 8.90. The van der Waals surface area contributed by atoms with Gasteiger partial charge in [0.25, 0.3) is 0 Å². The third kappa shape index (κ3) is 4.31. The second-order valence-corrected chi connectivity index (χ2v) is 6.90. The standard InChI is InChI=1S/C23H27NO5/c1-15(19-14-17-8-6-7-9-18(17)29-19)24(2)22(25)11-10-16-12-20(26-3)23(28-5)21(13-16)27-4/h6-9,12-15H,10-11H2,1-5H3. The van der Waals surface area contributed by atoms with Crippen LogP contribution in [-0.2, 0) is 11.2 Å². The lowest BCUT2D eigenvalue weighted by molar-refractivity contribution is -0.132. The number of methoxy groups -OCH3 is 3. The molecule has 0 N–H and O–H groups in total. The van der Waals surface area contributed by atoms with Gasteiger partial charge in [-0.2, -0.15) is 0 Å². The number of fused-ring (bicyclic) bond motifs is 1. The summed E-state index contributed by atoms with van der Waals surface area (Å²) in [6.07, 6.45) is 0.923. The Morgan fingerprint density at radius 2 is 1.69 bits per heavy atom. The number of nitrogens with zero attached hydrogens (tertiary/aromatic N) is 1. The van der Waals surface area contributed by atoms with Crippen LogP contribution in [-0.4, -0.2) is 39.2 Å². The lowest BCUT2D eigenvalue weighted by Gasteiger charge is -2.23.